The molecule has 0 N–H and O–H groups in total. The Morgan fingerprint density at radius 1 is 1.29 bits per heavy atom. The Kier molecular flexibility index (Phi) is 6.18. The fraction of sp³-hybridized carbons (Fsp3) is 0.417. The third-order valence-corrected chi connectivity index (χ3v) is 2.70. The highest BCUT2D eigenvalue weighted by Crippen LogP contribution is 2.21. The van der Waals surface area contributed by atoms with Crippen LogP contribution in [0.5, 0.6) is 5.75 Å². The third kappa shape index (κ3) is 4.46. The van der Waals surface area contributed by atoms with E-state index in [2.05, 4.69) is 20.9 Å². The maximum Gasteiger partial charge on any atom is 0.176 e. The van der Waals surface area contributed by atoms with E-state index in [0.717, 1.165) is 15.8 Å². The molecule has 0 saturated carbocycles. The van der Waals surface area contributed by atoms with Crippen LogP contribution >= 0.6 is 15.9 Å². The molecule has 0 bridgehead atoms. The first-order valence-electron chi connectivity index (χ1n) is 5.10. The van der Waals surface area contributed by atoms with Gasteiger partial charge in [0.05, 0.1) is 13.7 Å². The lowest BCUT2D eigenvalue weighted by molar-refractivity contribution is -0.0936. The first kappa shape index (κ1) is 14.2. The number of aliphatic imine (C=N–C) groups is 1. The van der Waals surface area contributed by atoms with Crippen LogP contribution in [0.15, 0.2) is 27.7 Å². The van der Waals surface area contributed by atoms with Crippen LogP contribution in [0.4, 0.5) is 0 Å². The molecule has 5 heteroatoms. The first-order valence-corrected chi connectivity index (χ1v) is 5.89. The Morgan fingerprint density at radius 2 is 2.00 bits per heavy atom. The van der Waals surface area contributed by atoms with Crippen molar-refractivity contribution >= 4 is 22.1 Å². The van der Waals surface area contributed by atoms with Gasteiger partial charge in [0.15, 0.2) is 6.29 Å². The van der Waals surface area contributed by atoms with Crippen molar-refractivity contribution in [3.05, 3.63) is 28.2 Å². The summed E-state index contributed by atoms with van der Waals surface area (Å²) in [6.45, 7) is 0.447. The number of nitrogens with zero attached hydrogens (tertiary/aromatic N) is 1. The number of rotatable bonds is 6. The van der Waals surface area contributed by atoms with Gasteiger partial charge in [0.1, 0.15) is 5.75 Å². The van der Waals surface area contributed by atoms with Crippen LogP contribution in [0.3, 0.4) is 0 Å². The third-order valence-electron chi connectivity index (χ3n) is 2.20. The van der Waals surface area contributed by atoms with E-state index < -0.39 is 0 Å². The molecule has 0 aromatic heterocycles. The van der Waals surface area contributed by atoms with Crippen LogP contribution in [-0.4, -0.2) is 40.4 Å². The van der Waals surface area contributed by atoms with Crippen LogP contribution in [0.2, 0.25) is 0 Å². The van der Waals surface area contributed by atoms with Gasteiger partial charge in [-0.05, 0) is 18.2 Å². The molecule has 0 aliphatic heterocycles. The molecule has 0 spiro atoms. The van der Waals surface area contributed by atoms with Crippen LogP contribution in [0.1, 0.15) is 5.56 Å². The van der Waals surface area contributed by atoms with E-state index in [1.807, 2.05) is 18.2 Å². The summed E-state index contributed by atoms with van der Waals surface area (Å²) in [6, 6.07) is 5.75. The lowest BCUT2D eigenvalue weighted by atomic mass is 10.2. The highest BCUT2D eigenvalue weighted by atomic mass is 79.9. The van der Waals surface area contributed by atoms with Crippen molar-refractivity contribution in [2.75, 3.05) is 27.9 Å². The molecule has 0 aliphatic rings. The van der Waals surface area contributed by atoms with Crippen LogP contribution in [-0.2, 0) is 9.47 Å². The number of hydrogen-bond acceptors (Lipinski definition) is 4. The van der Waals surface area contributed by atoms with Crippen molar-refractivity contribution in [1.82, 2.24) is 0 Å². The summed E-state index contributed by atoms with van der Waals surface area (Å²) >= 11 is 3.41. The Balaban J connectivity index is 2.72. The minimum atomic E-state index is -0.315. The Hall–Kier alpha value is -0.910. The standard InChI is InChI=1S/C12H16BrNO3/c1-15-11-5-4-10(13)6-9(11)7-14-8-12(16-2)17-3/h4-7,12H,8H2,1-3H3. The molecule has 0 amide bonds. The van der Waals surface area contributed by atoms with Crippen molar-refractivity contribution in [3.63, 3.8) is 0 Å². The van der Waals surface area contributed by atoms with Crippen molar-refractivity contribution in [3.8, 4) is 5.75 Å². The molecule has 0 atom stereocenters. The number of methoxy groups -OCH3 is 3. The van der Waals surface area contributed by atoms with E-state index in [9.17, 15) is 0 Å². The zero-order valence-corrected chi connectivity index (χ0v) is 11.7. The lowest BCUT2D eigenvalue weighted by Crippen LogP contribution is -2.16. The predicted molar refractivity (Wildman–Crippen MR) is 71.0 cm³/mol. The van der Waals surface area contributed by atoms with Gasteiger partial charge >= 0.3 is 0 Å². The fourth-order valence-corrected chi connectivity index (χ4v) is 1.67. The van der Waals surface area contributed by atoms with Crippen LogP contribution in [0.25, 0.3) is 0 Å². The normalized spacial score (nSPS) is 11.4. The maximum absolute atomic E-state index is 5.24. The van der Waals surface area contributed by atoms with Gasteiger partial charge in [-0.25, -0.2) is 0 Å². The van der Waals surface area contributed by atoms with Crippen molar-refractivity contribution in [2.24, 2.45) is 4.99 Å². The number of halogens is 1. The van der Waals surface area contributed by atoms with Crippen LogP contribution < -0.4 is 4.74 Å². The number of benzene rings is 1. The molecule has 4 nitrogen and oxygen atoms in total. The highest BCUT2D eigenvalue weighted by Gasteiger charge is 2.03. The molecule has 1 aromatic carbocycles. The van der Waals surface area contributed by atoms with Gasteiger partial charge in [0, 0.05) is 30.5 Å². The average molecular weight is 302 g/mol. The number of ether oxygens (including phenoxy) is 3. The van der Waals surface area contributed by atoms with Gasteiger partial charge in [-0.1, -0.05) is 15.9 Å². The van der Waals surface area contributed by atoms with Crippen molar-refractivity contribution in [2.45, 2.75) is 6.29 Å². The summed E-state index contributed by atoms with van der Waals surface area (Å²) in [7, 11) is 4.81. The van der Waals surface area contributed by atoms with Gasteiger partial charge in [-0.3, -0.25) is 4.99 Å². The molecular formula is C12H16BrNO3. The summed E-state index contributed by atoms with van der Waals surface area (Å²) in [6.07, 6.45) is 1.43. The van der Waals surface area contributed by atoms with Gasteiger partial charge in [0.2, 0.25) is 0 Å². The van der Waals surface area contributed by atoms with E-state index in [0.29, 0.717) is 6.54 Å². The lowest BCUT2D eigenvalue weighted by Gasteiger charge is -2.10. The van der Waals surface area contributed by atoms with Crippen molar-refractivity contribution < 1.29 is 14.2 Å². The summed E-state index contributed by atoms with van der Waals surface area (Å²) in [5, 5.41) is 0. The van der Waals surface area contributed by atoms with E-state index in [1.54, 1.807) is 27.5 Å². The molecule has 0 fully saturated rings. The van der Waals surface area contributed by atoms with Gasteiger partial charge in [0.25, 0.3) is 0 Å². The van der Waals surface area contributed by atoms with E-state index in [1.165, 1.54) is 0 Å². The topological polar surface area (TPSA) is 40.0 Å². The van der Waals surface area contributed by atoms with Gasteiger partial charge in [-0.15, -0.1) is 0 Å². The largest absolute Gasteiger partial charge is 0.496 e. The molecule has 17 heavy (non-hydrogen) atoms. The SMILES string of the molecule is COc1ccc(Br)cc1C=NCC(OC)OC. The zero-order valence-electron chi connectivity index (χ0n) is 10.1. The summed E-state index contributed by atoms with van der Waals surface area (Å²) in [5.74, 6) is 0.781. The van der Waals surface area contributed by atoms with E-state index in [-0.39, 0.29) is 6.29 Å². The fourth-order valence-electron chi connectivity index (χ4n) is 1.29. The molecule has 0 unspecified atom stereocenters. The second-order valence-electron chi connectivity index (χ2n) is 3.28. The molecular weight excluding hydrogens is 286 g/mol. The minimum Gasteiger partial charge on any atom is -0.496 e. The minimum absolute atomic E-state index is 0.315. The average Bonchev–Trinajstić information content (AvgIpc) is 2.35. The quantitative estimate of drug-likeness (QED) is 0.599. The monoisotopic (exact) mass is 301 g/mol. The Labute approximate surface area is 110 Å². The molecule has 0 aliphatic carbocycles. The molecule has 1 aromatic rings. The maximum atomic E-state index is 5.24. The van der Waals surface area contributed by atoms with Crippen LogP contribution in [0, 0.1) is 0 Å². The summed E-state index contributed by atoms with van der Waals surface area (Å²) in [4.78, 5) is 4.26. The molecule has 0 radical (unpaired) electrons. The van der Waals surface area contributed by atoms with E-state index >= 15 is 0 Å². The summed E-state index contributed by atoms with van der Waals surface area (Å²) < 4.78 is 16.3. The van der Waals surface area contributed by atoms with Crippen molar-refractivity contribution in [1.29, 1.82) is 0 Å². The zero-order chi connectivity index (χ0) is 12.7. The Bertz CT molecular complexity index is 378. The Morgan fingerprint density at radius 3 is 2.59 bits per heavy atom. The van der Waals surface area contributed by atoms with Gasteiger partial charge in [-0.2, -0.15) is 0 Å². The number of hydrogen-bond donors (Lipinski definition) is 0. The molecule has 0 heterocycles. The summed E-state index contributed by atoms with van der Waals surface area (Å²) in [5.41, 5.74) is 0.910. The second kappa shape index (κ2) is 7.42. The predicted octanol–water partition coefficient (Wildman–Crippen LogP) is 2.50. The first-order chi connectivity index (χ1) is 8.21. The molecule has 0 saturated heterocycles. The molecule has 1 rings (SSSR count). The van der Waals surface area contributed by atoms with E-state index in [4.69, 9.17) is 14.2 Å². The highest BCUT2D eigenvalue weighted by molar-refractivity contribution is 9.10. The second-order valence-corrected chi connectivity index (χ2v) is 4.20. The smallest absolute Gasteiger partial charge is 0.176 e. The van der Waals surface area contributed by atoms with Gasteiger partial charge < -0.3 is 14.2 Å². The molecule has 94 valence electrons.